The highest BCUT2D eigenvalue weighted by molar-refractivity contribution is 9.10. The van der Waals surface area contributed by atoms with Crippen molar-refractivity contribution in [2.45, 2.75) is 12.3 Å². The van der Waals surface area contributed by atoms with Crippen LogP contribution >= 0.6 is 27.5 Å². The molecule has 0 radical (unpaired) electrons. The van der Waals surface area contributed by atoms with Crippen molar-refractivity contribution in [3.05, 3.63) is 28.2 Å². The van der Waals surface area contributed by atoms with E-state index in [1.165, 1.54) is 0 Å². The molecule has 0 N–H and O–H groups in total. The minimum absolute atomic E-state index is 0.0345. The molecule has 1 rings (SSSR count). The molecule has 0 heterocycles. The molecule has 0 aliphatic rings. The first-order chi connectivity index (χ1) is 5.65. The van der Waals surface area contributed by atoms with Gasteiger partial charge in [-0.25, -0.2) is 0 Å². The van der Waals surface area contributed by atoms with E-state index >= 15 is 0 Å². The zero-order valence-corrected chi connectivity index (χ0v) is 9.32. The Balaban J connectivity index is 3.02. The first kappa shape index (κ1) is 9.87. The predicted octanol–water partition coefficient (Wildman–Crippen LogP) is 3.76. The van der Waals surface area contributed by atoms with Crippen LogP contribution in [0, 0.1) is 0 Å². The number of halogens is 2. The average Bonchev–Trinajstić information content (AvgIpc) is 2.04. The van der Waals surface area contributed by atoms with Crippen molar-refractivity contribution in [2.75, 3.05) is 7.11 Å². The van der Waals surface area contributed by atoms with Crippen molar-refractivity contribution in [1.82, 2.24) is 0 Å². The van der Waals surface area contributed by atoms with Crippen LogP contribution in [0.25, 0.3) is 0 Å². The number of benzene rings is 1. The monoisotopic (exact) mass is 248 g/mol. The molecule has 0 aromatic heterocycles. The van der Waals surface area contributed by atoms with Crippen LogP contribution in [0.15, 0.2) is 22.7 Å². The van der Waals surface area contributed by atoms with Gasteiger partial charge in [0.05, 0.1) is 17.0 Å². The SMILES string of the molecule is COc1ccc(C(C)Cl)cc1Br. The van der Waals surface area contributed by atoms with E-state index in [-0.39, 0.29) is 5.38 Å². The number of methoxy groups -OCH3 is 1. The standard InChI is InChI=1S/C9H10BrClO/c1-6(11)7-3-4-9(12-2)8(10)5-7/h3-6H,1-2H3. The second-order valence-corrected chi connectivity index (χ2v) is 4.02. The Morgan fingerprint density at radius 2 is 2.17 bits per heavy atom. The fourth-order valence-electron chi connectivity index (χ4n) is 0.930. The summed E-state index contributed by atoms with van der Waals surface area (Å²) in [6, 6.07) is 5.83. The first-order valence-corrected chi connectivity index (χ1v) is 4.85. The third-order valence-corrected chi connectivity index (χ3v) is 2.51. The molecule has 1 aromatic rings. The summed E-state index contributed by atoms with van der Waals surface area (Å²) in [6.07, 6.45) is 0. The van der Waals surface area contributed by atoms with Gasteiger partial charge in [-0.05, 0) is 40.5 Å². The van der Waals surface area contributed by atoms with Gasteiger partial charge in [0.15, 0.2) is 0 Å². The molecule has 0 saturated heterocycles. The summed E-state index contributed by atoms with van der Waals surface area (Å²) in [6.45, 7) is 1.94. The Bertz CT molecular complexity index is 273. The second kappa shape index (κ2) is 4.15. The van der Waals surface area contributed by atoms with Crippen molar-refractivity contribution < 1.29 is 4.74 Å². The van der Waals surface area contributed by atoms with Crippen LogP contribution in [0.4, 0.5) is 0 Å². The van der Waals surface area contributed by atoms with Gasteiger partial charge < -0.3 is 4.74 Å². The molecule has 66 valence electrons. The maximum Gasteiger partial charge on any atom is 0.133 e. The van der Waals surface area contributed by atoms with Crippen LogP contribution in [-0.2, 0) is 0 Å². The predicted molar refractivity (Wildman–Crippen MR) is 55.0 cm³/mol. The molecule has 0 saturated carbocycles. The zero-order valence-electron chi connectivity index (χ0n) is 6.97. The fourth-order valence-corrected chi connectivity index (χ4v) is 1.62. The highest BCUT2D eigenvalue weighted by atomic mass is 79.9. The number of rotatable bonds is 2. The van der Waals surface area contributed by atoms with Gasteiger partial charge in [-0.2, -0.15) is 0 Å². The van der Waals surface area contributed by atoms with E-state index in [0.29, 0.717) is 0 Å². The average molecular weight is 250 g/mol. The summed E-state index contributed by atoms with van der Waals surface area (Å²) in [4.78, 5) is 0. The minimum Gasteiger partial charge on any atom is -0.496 e. The summed E-state index contributed by atoms with van der Waals surface area (Å²) in [5.41, 5.74) is 1.09. The van der Waals surface area contributed by atoms with E-state index in [0.717, 1.165) is 15.8 Å². The van der Waals surface area contributed by atoms with Crippen LogP contribution < -0.4 is 4.74 Å². The minimum atomic E-state index is 0.0345. The van der Waals surface area contributed by atoms with Crippen LogP contribution in [0.1, 0.15) is 17.9 Å². The lowest BCUT2D eigenvalue weighted by molar-refractivity contribution is 0.412. The molecule has 0 aliphatic heterocycles. The molecular formula is C9H10BrClO. The third kappa shape index (κ3) is 2.14. The lowest BCUT2D eigenvalue weighted by Crippen LogP contribution is -1.88. The van der Waals surface area contributed by atoms with Gasteiger partial charge in [-0.15, -0.1) is 11.6 Å². The second-order valence-electron chi connectivity index (χ2n) is 2.51. The van der Waals surface area contributed by atoms with Gasteiger partial charge in [0.1, 0.15) is 5.75 Å². The molecular weight excluding hydrogens is 239 g/mol. The third-order valence-electron chi connectivity index (χ3n) is 1.64. The molecule has 1 atom stereocenters. The summed E-state index contributed by atoms with van der Waals surface area (Å²) in [7, 11) is 1.64. The summed E-state index contributed by atoms with van der Waals surface area (Å²) in [5, 5.41) is 0.0345. The molecule has 1 unspecified atom stereocenters. The quantitative estimate of drug-likeness (QED) is 0.725. The van der Waals surface area contributed by atoms with Crippen molar-refractivity contribution >= 4 is 27.5 Å². The Morgan fingerprint density at radius 1 is 1.50 bits per heavy atom. The largest absolute Gasteiger partial charge is 0.496 e. The number of alkyl halides is 1. The molecule has 12 heavy (non-hydrogen) atoms. The number of ether oxygens (including phenoxy) is 1. The highest BCUT2D eigenvalue weighted by Crippen LogP contribution is 2.29. The lowest BCUT2D eigenvalue weighted by atomic mass is 10.2. The van der Waals surface area contributed by atoms with Gasteiger partial charge in [-0.3, -0.25) is 0 Å². The highest BCUT2D eigenvalue weighted by Gasteiger charge is 2.04. The maximum atomic E-state index is 5.91. The van der Waals surface area contributed by atoms with Gasteiger partial charge in [0.2, 0.25) is 0 Å². The summed E-state index contributed by atoms with van der Waals surface area (Å²) < 4.78 is 6.03. The van der Waals surface area contributed by atoms with Gasteiger partial charge >= 0.3 is 0 Å². The summed E-state index contributed by atoms with van der Waals surface area (Å²) >= 11 is 9.30. The maximum absolute atomic E-state index is 5.91. The molecule has 0 spiro atoms. The number of hydrogen-bond acceptors (Lipinski definition) is 1. The normalized spacial score (nSPS) is 12.7. The van der Waals surface area contributed by atoms with E-state index in [1.54, 1.807) is 7.11 Å². The summed E-state index contributed by atoms with van der Waals surface area (Å²) in [5.74, 6) is 0.830. The van der Waals surface area contributed by atoms with Crippen LogP contribution in [-0.4, -0.2) is 7.11 Å². The molecule has 1 nitrogen and oxygen atoms in total. The Morgan fingerprint density at radius 3 is 2.58 bits per heavy atom. The molecule has 0 amide bonds. The fraction of sp³-hybridized carbons (Fsp3) is 0.333. The van der Waals surface area contributed by atoms with E-state index in [4.69, 9.17) is 16.3 Å². The van der Waals surface area contributed by atoms with E-state index in [1.807, 2.05) is 25.1 Å². The van der Waals surface area contributed by atoms with E-state index in [9.17, 15) is 0 Å². The molecule has 0 bridgehead atoms. The molecule has 0 fully saturated rings. The molecule has 3 heteroatoms. The Hall–Kier alpha value is -0.210. The zero-order chi connectivity index (χ0) is 9.14. The topological polar surface area (TPSA) is 9.23 Å². The van der Waals surface area contributed by atoms with Crippen molar-refractivity contribution in [3.8, 4) is 5.75 Å². The molecule has 1 aromatic carbocycles. The van der Waals surface area contributed by atoms with Crippen LogP contribution in [0.2, 0.25) is 0 Å². The first-order valence-electron chi connectivity index (χ1n) is 3.62. The smallest absolute Gasteiger partial charge is 0.133 e. The van der Waals surface area contributed by atoms with E-state index in [2.05, 4.69) is 15.9 Å². The Kier molecular flexibility index (Phi) is 3.41. The van der Waals surface area contributed by atoms with Crippen molar-refractivity contribution in [3.63, 3.8) is 0 Å². The van der Waals surface area contributed by atoms with Gasteiger partial charge in [-0.1, -0.05) is 6.07 Å². The van der Waals surface area contributed by atoms with Crippen LogP contribution in [0.5, 0.6) is 5.75 Å². The van der Waals surface area contributed by atoms with Crippen LogP contribution in [0.3, 0.4) is 0 Å². The van der Waals surface area contributed by atoms with Gasteiger partial charge in [0.25, 0.3) is 0 Å². The van der Waals surface area contributed by atoms with Gasteiger partial charge in [0, 0.05) is 0 Å². The van der Waals surface area contributed by atoms with E-state index < -0.39 is 0 Å². The Labute approximate surface area is 85.8 Å². The van der Waals surface area contributed by atoms with Crippen molar-refractivity contribution in [2.24, 2.45) is 0 Å². The molecule has 0 aliphatic carbocycles. The number of hydrogen-bond donors (Lipinski definition) is 0. The van der Waals surface area contributed by atoms with Crippen molar-refractivity contribution in [1.29, 1.82) is 0 Å². The lowest BCUT2D eigenvalue weighted by Gasteiger charge is -2.07.